The highest BCUT2D eigenvalue weighted by Crippen LogP contribution is 2.36. The second-order valence-corrected chi connectivity index (χ2v) is 4.02. The van der Waals surface area contributed by atoms with Crippen molar-refractivity contribution in [1.29, 1.82) is 0 Å². The van der Waals surface area contributed by atoms with E-state index in [1.165, 1.54) is 6.07 Å². The predicted octanol–water partition coefficient (Wildman–Crippen LogP) is 2.90. The minimum Gasteiger partial charge on any atom is -0.443 e. The van der Waals surface area contributed by atoms with Crippen LogP contribution in [-0.2, 0) is 4.74 Å². The van der Waals surface area contributed by atoms with E-state index in [4.69, 9.17) is 11.6 Å². The molecular formula is C10H7ClF3NO2. The maximum Gasteiger partial charge on any atom is 0.408 e. The third-order valence-electron chi connectivity index (χ3n) is 2.35. The Morgan fingerprint density at radius 2 is 2.18 bits per heavy atom. The number of hydrogen-bond donors (Lipinski definition) is 1. The van der Waals surface area contributed by atoms with E-state index >= 15 is 0 Å². The van der Waals surface area contributed by atoms with Gasteiger partial charge in [-0.3, -0.25) is 0 Å². The van der Waals surface area contributed by atoms with Crippen molar-refractivity contribution in [3.05, 3.63) is 34.6 Å². The van der Waals surface area contributed by atoms with Crippen LogP contribution in [0.3, 0.4) is 0 Å². The van der Waals surface area contributed by atoms with Gasteiger partial charge in [0.25, 0.3) is 0 Å². The molecule has 1 aliphatic heterocycles. The molecule has 0 aromatic heterocycles. The average molecular weight is 266 g/mol. The normalized spacial score (nSPS) is 22.8. The van der Waals surface area contributed by atoms with Crippen LogP contribution in [-0.4, -0.2) is 18.6 Å². The fourth-order valence-electron chi connectivity index (χ4n) is 1.55. The van der Waals surface area contributed by atoms with E-state index in [1.807, 2.05) is 5.32 Å². The summed E-state index contributed by atoms with van der Waals surface area (Å²) in [5, 5.41) is 1.98. The second-order valence-electron chi connectivity index (χ2n) is 3.58. The first-order valence-corrected chi connectivity index (χ1v) is 5.04. The number of ether oxygens (including phenoxy) is 1. The van der Waals surface area contributed by atoms with Gasteiger partial charge >= 0.3 is 12.0 Å². The standard InChI is InChI=1S/C10H7ClF3NO2/c11-5-1-2-6(7(12)3-5)8-10(13,14)4-17-9(16)15-8/h1-3,8H,4H2,(H,15,16)/t8-/m0/s1. The Morgan fingerprint density at radius 3 is 2.82 bits per heavy atom. The summed E-state index contributed by atoms with van der Waals surface area (Å²) in [6.07, 6.45) is -1.00. The molecule has 1 amide bonds. The van der Waals surface area contributed by atoms with Crippen LogP contribution < -0.4 is 5.32 Å². The van der Waals surface area contributed by atoms with Crippen LogP contribution in [0.2, 0.25) is 5.02 Å². The Morgan fingerprint density at radius 1 is 1.47 bits per heavy atom. The van der Waals surface area contributed by atoms with Gasteiger partial charge in [-0.2, -0.15) is 0 Å². The number of alkyl halides is 2. The van der Waals surface area contributed by atoms with Gasteiger partial charge < -0.3 is 10.1 Å². The number of alkyl carbamates (subject to hydrolysis) is 1. The summed E-state index contributed by atoms with van der Waals surface area (Å²) in [5.74, 6) is -4.27. The third-order valence-corrected chi connectivity index (χ3v) is 2.59. The molecule has 92 valence electrons. The molecule has 1 fully saturated rings. The number of hydrogen-bond acceptors (Lipinski definition) is 2. The van der Waals surface area contributed by atoms with E-state index in [1.54, 1.807) is 0 Å². The number of benzene rings is 1. The molecule has 0 bridgehead atoms. The van der Waals surface area contributed by atoms with Gasteiger partial charge in [0, 0.05) is 10.6 Å². The van der Waals surface area contributed by atoms with Crippen LogP contribution in [0, 0.1) is 5.82 Å². The molecular weight excluding hydrogens is 259 g/mol. The summed E-state index contributed by atoms with van der Waals surface area (Å²) >= 11 is 5.52. The molecule has 1 saturated heterocycles. The third kappa shape index (κ3) is 2.31. The van der Waals surface area contributed by atoms with Crippen molar-refractivity contribution in [2.45, 2.75) is 12.0 Å². The highest BCUT2D eigenvalue weighted by Gasteiger charge is 2.47. The van der Waals surface area contributed by atoms with Crippen LogP contribution in [0.4, 0.5) is 18.0 Å². The Kier molecular flexibility index (Phi) is 2.91. The van der Waals surface area contributed by atoms with Crippen molar-refractivity contribution in [3.63, 3.8) is 0 Å². The van der Waals surface area contributed by atoms with Gasteiger partial charge in [-0.05, 0) is 12.1 Å². The van der Waals surface area contributed by atoms with E-state index in [-0.39, 0.29) is 10.6 Å². The van der Waals surface area contributed by atoms with E-state index in [2.05, 4.69) is 4.74 Å². The Labute approximate surface area is 99.5 Å². The Hall–Kier alpha value is -1.43. The summed E-state index contributed by atoms with van der Waals surface area (Å²) in [5.41, 5.74) is -0.323. The van der Waals surface area contributed by atoms with Gasteiger partial charge in [0.1, 0.15) is 11.9 Å². The number of carbonyl (C=O) groups is 1. The Bertz CT molecular complexity index is 467. The molecule has 1 heterocycles. The average Bonchev–Trinajstić information content (AvgIpc) is 2.23. The molecule has 1 aromatic carbocycles. The van der Waals surface area contributed by atoms with Crippen LogP contribution >= 0.6 is 11.6 Å². The van der Waals surface area contributed by atoms with Crippen LogP contribution in [0.25, 0.3) is 0 Å². The van der Waals surface area contributed by atoms with E-state index in [0.29, 0.717) is 0 Å². The van der Waals surface area contributed by atoms with Crippen molar-refractivity contribution in [1.82, 2.24) is 5.32 Å². The van der Waals surface area contributed by atoms with Gasteiger partial charge in [0.05, 0.1) is 0 Å². The minimum absolute atomic E-state index is 0.0907. The van der Waals surface area contributed by atoms with Gasteiger partial charge in [0.2, 0.25) is 0 Å². The van der Waals surface area contributed by atoms with Gasteiger partial charge in [-0.15, -0.1) is 0 Å². The molecule has 0 spiro atoms. The molecule has 0 unspecified atom stereocenters. The first kappa shape index (κ1) is 12.0. The molecule has 1 aliphatic rings. The molecule has 2 rings (SSSR count). The summed E-state index contributed by atoms with van der Waals surface area (Å²) in [4.78, 5) is 10.9. The Balaban J connectivity index is 2.39. The zero-order valence-electron chi connectivity index (χ0n) is 8.34. The molecule has 3 nitrogen and oxygen atoms in total. The van der Waals surface area contributed by atoms with E-state index in [9.17, 15) is 18.0 Å². The molecule has 1 aromatic rings. The summed E-state index contributed by atoms with van der Waals surface area (Å²) in [6.45, 7) is -1.08. The fraction of sp³-hybridized carbons (Fsp3) is 0.300. The molecule has 17 heavy (non-hydrogen) atoms. The number of halogens is 4. The predicted molar refractivity (Wildman–Crippen MR) is 53.6 cm³/mol. The fourth-order valence-corrected chi connectivity index (χ4v) is 1.71. The summed E-state index contributed by atoms with van der Waals surface area (Å²) in [6, 6.07) is 1.55. The smallest absolute Gasteiger partial charge is 0.408 e. The maximum atomic E-state index is 13.5. The topological polar surface area (TPSA) is 38.3 Å². The quantitative estimate of drug-likeness (QED) is 0.848. The number of rotatable bonds is 1. The SMILES string of the molecule is O=C1N[C@@H](c2ccc(Cl)cc2F)C(F)(F)CO1. The van der Waals surface area contributed by atoms with E-state index < -0.39 is 30.5 Å². The molecule has 0 radical (unpaired) electrons. The van der Waals surface area contributed by atoms with Crippen molar-refractivity contribution < 1.29 is 22.7 Å². The minimum atomic E-state index is -3.37. The molecule has 0 saturated carbocycles. The molecule has 1 N–H and O–H groups in total. The first-order chi connectivity index (χ1) is 7.90. The summed E-state index contributed by atoms with van der Waals surface area (Å²) in [7, 11) is 0. The first-order valence-electron chi connectivity index (χ1n) is 4.66. The number of nitrogens with one attached hydrogen (secondary N) is 1. The lowest BCUT2D eigenvalue weighted by Gasteiger charge is -2.31. The number of amides is 1. The highest BCUT2D eigenvalue weighted by molar-refractivity contribution is 6.30. The molecule has 0 aliphatic carbocycles. The number of carbonyl (C=O) groups excluding carboxylic acids is 1. The number of cyclic esters (lactones) is 1. The monoisotopic (exact) mass is 265 g/mol. The van der Waals surface area contributed by atoms with Crippen LogP contribution in [0.1, 0.15) is 11.6 Å². The maximum absolute atomic E-state index is 13.5. The van der Waals surface area contributed by atoms with Crippen molar-refractivity contribution in [2.24, 2.45) is 0 Å². The summed E-state index contributed by atoms with van der Waals surface area (Å²) < 4.78 is 44.6. The van der Waals surface area contributed by atoms with Gasteiger partial charge in [-0.25, -0.2) is 18.0 Å². The van der Waals surface area contributed by atoms with Crippen molar-refractivity contribution in [2.75, 3.05) is 6.61 Å². The van der Waals surface area contributed by atoms with Crippen LogP contribution in [0.15, 0.2) is 18.2 Å². The van der Waals surface area contributed by atoms with E-state index in [0.717, 1.165) is 12.1 Å². The lowest BCUT2D eigenvalue weighted by atomic mass is 9.99. The molecule has 7 heteroatoms. The van der Waals surface area contributed by atoms with Gasteiger partial charge in [-0.1, -0.05) is 17.7 Å². The lowest BCUT2D eigenvalue weighted by Crippen LogP contribution is -2.49. The zero-order valence-corrected chi connectivity index (χ0v) is 9.10. The van der Waals surface area contributed by atoms with Crippen LogP contribution in [0.5, 0.6) is 0 Å². The van der Waals surface area contributed by atoms with Crippen molar-refractivity contribution in [3.8, 4) is 0 Å². The zero-order chi connectivity index (χ0) is 12.6. The molecule has 1 atom stereocenters. The van der Waals surface area contributed by atoms with Gasteiger partial charge in [0.15, 0.2) is 6.61 Å². The lowest BCUT2D eigenvalue weighted by molar-refractivity contribution is -0.105. The highest BCUT2D eigenvalue weighted by atomic mass is 35.5. The second kappa shape index (κ2) is 4.10. The van der Waals surface area contributed by atoms with Crippen molar-refractivity contribution >= 4 is 17.7 Å². The largest absolute Gasteiger partial charge is 0.443 e.